The van der Waals surface area contributed by atoms with Gasteiger partial charge in [0.15, 0.2) is 0 Å². The minimum atomic E-state index is -0.0926. The first-order chi connectivity index (χ1) is 10.2. The lowest BCUT2D eigenvalue weighted by Gasteiger charge is -2.19. The van der Waals surface area contributed by atoms with Crippen LogP contribution in [0.2, 0.25) is 0 Å². The predicted molar refractivity (Wildman–Crippen MR) is 83.9 cm³/mol. The predicted octanol–water partition coefficient (Wildman–Crippen LogP) is 2.43. The zero-order chi connectivity index (χ0) is 15.1. The van der Waals surface area contributed by atoms with Crippen LogP contribution in [0.3, 0.4) is 0 Å². The van der Waals surface area contributed by atoms with Crippen LogP contribution in [-0.2, 0) is 4.79 Å². The third-order valence-electron chi connectivity index (χ3n) is 3.50. The summed E-state index contributed by atoms with van der Waals surface area (Å²) in [7, 11) is 1.63. The number of carbonyl (C=O) groups excluding carboxylic acids is 1. The van der Waals surface area contributed by atoms with Gasteiger partial charge in [0, 0.05) is 11.4 Å². The lowest BCUT2D eigenvalue weighted by atomic mass is 9.96. The van der Waals surface area contributed by atoms with Crippen molar-refractivity contribution in [1.82, 2.24) is 10.9 Å². The topological polar surface area (TPSA) is 62.4 Å². The van der Waals surface area contributed by atoms with Gasteiger partial charge in [0.1, 0.15) is 5.75 Å². The minimum absolute atomic E-state index is 0.0926. The normalized spacial score (nSPS) is 17.6. The number of ether oxygens (including phenoxy) is 1. The maximum absolute atomic E-state index is 11.8. The van der Waals surface area contributed by atoms with Crippen LogP contribution in [0.5, 0.6) is 5.75 Å². The maximum Gasteiger partial charge on any atom is 0.257 e. The average molecular weight is 289 g/mol. The molecule has 5 heteroatoms. The first-order valence-corrected chi connectivity index (χ1v) is 7.31. The number of hydrogen-bond donors (Lipinski definition) is 3. The summed E-state index contributed by atoms with van der Waals surface area (Å²) >= 11 is 0. The number of allylic oxidation sites excluding steroid dienone is 2. The first-order valence-electron chi connectivity index (χ1n) is 7.31. The quantitative estimate of drug-likeness (QED) is 0.704. The van der Waals surface area contributed by atoms with Crippen molar-refractivity contribution in [1.29, 1.82) is 0 Å². The van der Waals surface area contributed by atoms with Gasteiger partial charge in [0.2, 0.25) is 0 Å². The Morgan fingerprint density at radius 3 is 2.76 bits per heavy atom. The summed E-state index contributed by atoms with van der Waals surface area (Å²) < 4.78 is 5.09. The summed E-state index contributed by atoms with van der Waals surface area (Å²) in [5.74, 6) is 1.28. The van der Waals surface area contributed by atoms with Crippen LogP contribution in [0, 0.1) is 5.92 Å². The molecule has 0 bridgehead atoms. The number of carbonyl (C=O) groups is 1. The molecular weight excluding hydrogens is 266 g/mol. The molecule has 0 saturated heterocycles. The van der Waals surface area contributed by atoms with Crippen molar-refractivity contribution in [3.8, 4) is 5.75 Å². The molecule has 1 atom stereocenters. The molecule has 1 aliphatic carbocycles. The Morgan fingerprint density at radius 2 is 2.10 bits per heavy atom. The molecule has 21 heavy (non-hydrogen) atoms. The van der Waals surface area contributed by atoms with Gasteiger partial charge in [-0.15, -0.1) is 0 Å². The van der Waals surface area contributed by atoms with Crippen LogP contribution in [0.1, 0.15) is 26.2 Å². The smallest absolute Gasteiger partial charge is 0.257 e. The van der Waals surface area contributed by atoms with Gasteiger partial charge in [-0.2, -0.15) is 0 Å². The van der Waals surface area contributed by atoms with Gasteiger partial charge in [0.25, 0.3) is 5.91 Å². The van der Waals surface area contributed by atoms with Crippen molar-refractivity contribution in [2.24, 2.45) is 5.92 Å². The fourth-order valence-electron chi connectivity index (χ4n) is 2.31. The number of nitrogens with one attached hydrogen (secondary N) is 3. The molecule has 0 unspecified atom stereocenters. The molecule has 0 aromatic heterocycles. The van der Waals surface area contributed by atoms with Crippen LogP contribution in [0.25, 0.3) is 0 Å². The number of benzene rings is 1. The number of amides is 1. The largest absolute Gasteiger partial charge is 0.497 e. The van der Waals surface area contributed by atoms with Gasteiger partial charge >= 0.3 is 0 Å². The Morgan fingerprint density at radius 1 is 1.33 bits per heavy atom. The summed E-state index contributed by atoms with van der Waals surface area (Å²) in [5, 5.41) is 3.07. The van der Waals surface area contributed by atoms with E-state index in [2.05, 4.69) is 29.2 Å². The molecular formula is C16H23N3O2. The highest BCUT2D eigenvalue weighted by molar-refractivity contribution is 5.80. The Labute approximate surface area is 125 Å². The first kappa shape index (κ1) is 15.2. The molecule has 0 fully saturated rings. The van der Waals surface area contributed by atoms with Gasteiger partial charge in [-0.25, -0.2) is 0 Å². The molecule has 0 spiro atoms. The van der Waals surface area contributed by atoms with E-state index in [0.717, 1.165) is 23.6 Å². The van der Waals surface area contributed by atoms with Crippen molar-refractivity contribution < 1.29 is 9.53 Å². The molecule has 1 aliphatic rings. The molecule has 3 N–H and O–H groups in total. The van der Waals surface area contributed by atoms with Gasteiger partial charge in [0.05, 0.1) is 13.7 Å². The van der Waals surface area contributed by atoms with Crippen molar-refractivity contribution in [3.63, 3.8) is 0 Å². The summed E-state index contributed by atoms with van der Waals surface area (Å²) in [4.78, 5) is 11.8. The zero-order valence-corrected chi connectivity index (χ0v) is 12.6. The number of hydrogen-bond acceptors (Lipinski definition) is 4. The fourth-order valence-corrected chi connectivity index (χ4v) is 2.31. The third-order valence-corrected chi connectivity index (χ3v) is 3.50. The highest BCUT2D eigenvalue weighted by Gasteiger charge is 2.09. The van der Waals surface area contributed by atoms with Gasteiger partial charge < -0.3 is 15.5 Å². The Hall–Kier alpha value is -2.17. The standard InChI is InChI=1S/C16H23N3O2/c1-12-4-3-5-14(10-12)18-19-16(20)11-17-13-6-8-15(21-2)9-7-13/h6-10,12,17-18H,3-5,11H2,1-2H3,(H,19,20)/t12-/m0/s1. The van der Waals surface area contributed by atoms with E-state index in [-0.39, 0.29) is 12.5 Å². The summed E-state index contributed by atoms with van der Waals surface area (Å²) in [6, 6.07) is 7.47. The van der Waals surface area contributed by atoms with Crippen LogP contribution >= 0.6 is 0 Å². The van der Waals surface area contributed by atoms with Crippen LogP contribution in [-0.4, -0.2) is 19.6 Å². The second kappa shape index (κ2) is 7.57. The number of anilines is 1. The molecule has 0 radical (unpaired) electrons. The fraction of sp³-hybridized carbons (Fsp3) is 0.438. The summed E-state index contributed by atoms with van der Waals surface area (Å²) in [5.41, 5.74) is 7.72. The second-order valence-electron chi connectivity index (χ2n) is 5.32. The van der Waals surface area contributed by atoms with E-state index >= 15 is 0 Å². The molecule has 1 aromatic carbocycles. The molecule has 0 aliphatic heterocycles. The maximum atomic E-state index is 11.8. The lowest BCUT2D eigenvalue weighted by Crippen LogP contribution is -2.40. The lowest BCUT2D eigenvalue weighted by molar-refractivity contribution is -0.120. The van der Waals surface area contributed by atoms with E-state index < -0.39 is 0 Å². The highest BCUT2D eigenvalue weighted by Crippen LogP contribution is 2.20. The molecule has 114 valence electrons. The number of hydrazine groups is 1. The van der Waals surface area contributed by atoms with E-state index in [9.17, 15) is 4.79 Å². The second-order valence-corrected chi connectivity index (χ2v) is 5.32. The Balaban J connectivity index is 1.71. The van der Waals surface area contributed by atoms with Crippen molar-refractivity contribution in [3.05, 3.63) is 36.0 Å². The summed E-state index contributed by atoms with van der Waals surface area (Å²) in [6.07, 6.45) is 5.56. The zero-order valence-electron chi connectivity index (χ0n) is 12.6. The van der Waals surface area contributed by atoms with Crippen molar-refractivity contribution >= 4 is 11.6 Å². The molecule has 2 rings (SSSR count). The van der Waals surface area contributed by atoms with Crippen LogP contribution in [0.15, 0.2) is 36.0 Å². The third kappa shape index (κ3) is 5.02. The minimum Gasteiger partial charge on any atom is -0.497 e. The highest BCUT2D eigenvalue weighted by atomic mass is 16.5. The molecule has 0 heterocycles. The Kier molecular flexibility index (Phi) is 5.49. The van der Waals surface area contributed by atoms with E-state index in [4.69, 9.17) is 4.74 Å². The average Bonchev–Trinajstić information content (AvgIpc) is 2.51. The van der Waals surface area contributed by atoms with Crippen molar-refractivity contribution in [2.75, 3.05) is 19.0 Å². The van der Waals surface area contributed by atoms with E-state index in [1.165, 1.54) is 12.8 Å². The van der Waals surface area contributed by atoms with Crippen molar-refractivity contribution in [2.45, 2.75) is 26.2 Å². The van der Waals surface area contributed by atoms with E-state index in [0.29, 0.717) is 5.92 Å². The molecule has 1 aromatic rings. The SMILES string of the molecule is COc1ccc(NCC(=O)NNC2=C[C@@H](C)CCC2)cc1. The summed E-state index contributed by atoms with van der Waals surface area (Å²) in [6.45, 7) is 2.41. The molecule has 5 nitrogen and oxygen atoms in total. The van der Waals surface area contributed by atoms with Crippen LogP contribution in [0.4, 0.5) is 5.69 Å². The van der Waals surface area contributed by atoms with Gasteiger partial charge in [-0.3, -0.25) is 10.2 Å². The van der Waals surface area contributed by atoms with Gasteiger partial charge in [-0.1, -0.05) is 13.0 Å². The number of methoxy groups -OCH3 is 1. The monoisotopic (exact) mass is 289 g/mol. The van der Waals surface area contributed by atoms with Gasteiger partial charge in [-0.05, 0) is 49.4 Å². The van der Waals surface area contributed by atoms with E-state index in [1.807, 2.05) is 24.3 Å². The molecule has 1 amide bonds. The Bertz CT molecular complexity index is 497. The van der Waals surface area contributed by atoms with E-state index in [1.54, 1.807) is 7.11 Å². The molecule has 0 saturated carbocycles. The number of rotatable bonds is 6. The van der Waals surface area contributed by atoms with Crippen LogP contribution < -0.4 is 20.9 Å².